The number of hydrogen-bond donors (Lipinski definition) is 1. The van der Waals surface area contributed by atoms with E-state index in [-0.39, 0.29) is 5.92 Å². The number of fused-ring (bicyclic) bond motifs is 1. The summed E-state index contributed by atoms with van der Waals surface area (Å²) in [6.07, 6.45) is -3.34. The van der Waals surface area contributed by atoms with Gasteiger partial charge in [0.1, 0.15) is 12.3 Å². The van der Waals surface area contributed by atoms with E-state index in [0.717, 1.165) is 21.1 Å². The summed E-state index contributed by atoms with van der Waals surface area (Å²) in [4.78, 5) is 18.5. The minimum atomic E-state index is -4.38. The first kappa shape index (κ1) is 17.8. The van der Waals surface area contributed by atoms with Crippen LogP contribution >= 0.6 is 11.3 Å². The highest BCUT2D eigenvalue weighted by Gasteiger charge is 2.31. The maximum Gasteiger partial charge on any atom is 0.405 e. The number of methoxy groups -OCH3 is 1. The molecule has 9 heteroatoms. The maximum atomic E-state index is 12.2. The van der Waals surface area contributed by atoms with Crippen molar-refractivity contribution in [3.8, 4) is 5.75 Å². The van der Waals surface area contributed by atoms with E-state index in [4.69, 9.17) is 4.74 Å². The number of nitrogens with zero attached hydrogens (tertiary/aromatic N) is 2. The lowest BCUT2D eigenvalue weighted by Gasteiger charge is -2.31. The van der Waals surface area contributed by atoms with Gasteiger partial charge in [0, 0.05) is 19.0 Å². The van der Waals surface area contributed by atoms with E-state index in [1.165, 1.54) is 0 Å². The molecule has 1 aromatic heterocycles. The molecule has 1 aliphatic heterocycles. The van der Waals surface area contributed by atoms with Crippen molar-refractivity contribution >= 4 is 32.6 Å². The van der Waals surface area contributed by atoms with Crippen LogP contribution in [0.25, 0.3) is 10.2 Å². The highest BCUT2D eigenvalue weighted by atomic mass is 32.1. The monoisotopic (exact) mass is 373 g/mol. The van der Waals surface area contributed by atoms with Crippen molar-refractivity contribution in [2.75, 3.05) is 31.6 Å². The number of alkyl halides is 3. The molecule has 0 spiro atoms. The van der Waals surface area contributed by atoms with Crippen molar-refractivity contribution in [2.45, 2.75) is 19.0 Å². The molecule has 1 aromatic carbocycles. The molecule has 1 aliphatic rings. The van der Waals surface area contributed by atoms with Gasteiger partial charge in [0.2, 0.25) is 5.91 Å². The second-order valence-corrected chi connectivity index (χ2v) is 6.93. The third-order valence-corrected chi connectivity index (χ3v) is 5.26. The zero-order chi connectivity index (χ0) is 18.0. The number of ether oxygens (including phenoxy) is 1. The first-order valence-corrected chi connectivity index (χ1v) is 8.71. The van der Waals surface area contributed by atoms with Gasteiger partial charge in [-0.1, -0.05) is 11.3 Å². The molecule has 0 radical (unpaired) electrons. The molecule has 5 nitrogen and oxygen atoms in total. The number of halogens is 3. The van der Waals surface area contributed by atoms with E-state index in [9.17, 15) is 18.0 Å². The van der Waals surface area contributed by atoms with Crippen LogP contribution < -0.4 is 15.0 Å². The van der Waals surface area contributed by atoms with Gasteiger partial charge in [-0.25, -0.2) is 4.98 Å². The van der Waals surface area contributed by atoms with Crippen molar-refractivity contribution in [3.63, 3.8) is 0 Å². The molecule has 0 bridgehead atoms. The Kier molecular flexibility index (Phi) is 5.03. The summed E-state index contributed by atoms with van der Waals surface area (Å²) in [5.41, 5.74) is 0.880. The fourth-order valence-corrected chi connectivity index (χ4v) is 3.87. The van der Waals surface area contributed by atoms with Gasteiger partial charge in [0.05, 0.1) is 17.3 Å². The fourth-order valence-electron chi connectivity index (χ4n) is 2.82. The predicted octanol–water partition coefficient (Wildman–Crippen LogP) is 3.20. The van der Waals surface area contributed by atoms with Gasteiger partial charge in [0.25, 0.3) is 0 Å². The number of amides is 1. The van der Waals surface area contributed by atoms with E-state index >= 15 is 0 Å². The molecular formula is C16H18F3N3O2S. The van der Waals surface area contributed by atoms with Crippen LogP contribution in [-0.2, 0) is 4.79 Å². The number of benzene rings is 1. The Hall–Kier alpha value is -2.03. The van der Waals surface area contributed by atoms with Crippen molar-refractivity contribution in [3.05, 3.63) is 18.2 Å². The Labute approximate surface area is 146 Å². The number of nitrogens with one attached hydrogen (secondary N) is 1. The summed E-state index contributed by atoms with van der Waals surface area (Å²) in [5, 5.41) is 2.83. The summed E-state index contributed by atoms with van der Waals surface area (Å²) < 4.78 is 42.8. The van der Waals surface area contributed by atoms with E-state index in [0.29, 0.717) is 25.9 Å². The van der Waals surface area contributed by atoms with E-state index in [2.05, 4.69) is 9.88 Å². The largest absolute Gasteiger partial charge is 0.497 e. The molecule has 1 saturated heterocycles. The molecule has 0 atom stereocenters. The summed E-state index contributed by atoms with van der Waals surface area (Å²) >= 11 is 1.54. The smallest absolute Gasteiger partial charge is 0.405 e. The average Bonchev–Trinajstić information content (AvgIpc) is 3.02. The summed E-state index contributed by atoms with van der Waals surface area (Å²) in [6, 6.07) is 5.67. The molecule has 1 amide bonds. The van der Waals surface area contributed by atoms with Crippen LogP contribution in [0.4, 0.5) is 18.3 Å². The Morgan fingerprint density at radius 2 is 2.12 bits per heavy atom. The van der Waals surface area contributed by atoms with Crippen LogP contribution in [0.3, 0.4) is 0 Å². The van der Waals surface area contributed by atoms with Crippen LogP contribution in [0.2, 0.25) is 0 Å². The zero-order valence-corrected chi connectivity index (χ0v) is 14.4. The minimum Gasteiger partial charge on any atom is -0.497 e. The van der Waals surface area contributed by atoms with E-state index in [1.807, 2.05) is 23.5 Å². The maximum absolute atomic E-state index is 12.2. The van der Waals surface area contributed by atoms with Gasteiger partial charge in [-0.15, -0.1) is 0 Å². The lowest BCUT2D eigenvalue weighted by Crippen LogP contribution is -2.43. The molecule has 3 rings (SSSR count). The van der Waals surface area contributed by atoms with Gasteiger partial charge >= 0.3 is 6.18 Å². The normalized spacial score (nSPS) is 16.2. The number of hydrogen-bond acceptors (Lipinski definition) is 5. The second kappa shape index (κ2) is 7.07. The third kappa shape index (κ3) is 4.33. The number of piperidine rings is 1. The molecule has 2 aromatic rings. The lowest BCUT2D eigenvalue weighted by molar-refractivity contribution is -0.141. The van der Waals surface area contributed by atoms with Crippen molar-refractivity contribution in [2.24, 2.45) is 5.92 Å². The number of thiazole rings is 1. The number of carbonyl (C=O) groups excluding carboxylic acids is 1. The lowest BCUT2D eigenvalue weighted by atomic mass is 9.96. The van der Waals surface area contributed by atoms with Crippen LogP contribution in [0.1, 0.15) is 12.8 Å². The SMILES string of the molecule is COc1ccc2nc(N3CCC(C(=O)NCC(F)(F)F)CC3)sc2c1. The zero-order valence-electron chi connectivity index (χ0n) is 13.6. The summed E-state index contributed by atoms with van der Waals surface area (Å²) in [5.74, 6) is -0.137. The molecule has 0 aliphatic carbocycles. The van der Waals surface area contributed by atoms with Gasteiger partial charge in [-0.3, -0.25) is 4.79 Å². The number of rotatable bonds is 4. The summed E-state index contributed by atoms with van der Waals surface area (Å²) in [6.45, 7) is -0.0755. The topological polar surface area (TPSA) is 54.5 Å². The van der Waals surface area contributed by atoms with Crippen LogP contribution in [-0.4, -0.2) is 43.8 Å². The Morgan fingerprint density at radius 3 is 2.76 bits per heavy atom. The minimum absolute atomic E-state index is 0.381. The quantitative estimate of drug-likeness (QED) is 0.894. The Bertz CT molecular complexity index is 755. The molecular weight excluding hydrogens is 355 g/mol. The molecule has 25 heavy (non-hydrogen) atoms. The number of aromatic nitrogens is 1. The van der Waals surface area contributed by atoms with E-state index < -0.39 is 18.6 Å². The van der Waals surface area contributed by atoms with E-state index in [1.54, 1.807) is 18.4 Å². The predicted molar refractivity (Wildman–Crippen MR) is 90.2 cm³/mol. The molecule has 136 valence electrons. The highest BCUT2D eigenvalue weighted by Crippen LogP contribution is 2.33. The fraction of sp³-hybridized carbons (Fsp3) is 0.500. The Morgan fingerprint density at radius 1 is 1.40 bits per heavy atom. The second-order valence-electron chi connectivity index (χ2n) is 5.92. The molecule has 1 N–H and O–H groups in total. The van der Waals surface area contributed by atoms with Gasteiger partial charge < -0.3 is 15.0 Å². The first-order chi connectivity index (χ1) is 11.9. The molecule has 0 unspecified atom stereocenters. The van der Waals surface area contributed by atoms with Crippen molar-refractivity contribution in [1.29, 1.82) is 0 Å². The first-order valence-electron chi connectivity index (χ1n) is 7.90. The molecule has 1 fully saturated rings. The van der Waals surface area contributed by atoms with Gasteiger partial charge in [-0.05, 0) is 31.0 Å². The molecule has 0 saturated carbocycles. The summed E-state index contributed by atoms with van der Waals surface area (Å²) in [7, 11) is 1.61. The Balaban J connectivity index is 1.59. The standard InChI is InChI=1S/C16H18F3N3O2S/c1-24-11-2-3-12-13(8-11)25-15(21-12)22-6-4-10(5-7-22)14(23)20-9-16(17,18)19/h2-3,8,10H,4-7,9H2,1H3,(H,20,23). The highest BCUT2D eigenvalue weighted by molar-refractivity contribution is 7.22. The molecule has 2 heterocycles. The van der Waals surface area contributed by atoms with Crippen molar-refractivity contribution in [1.82, 2.24) is 10.3 Å². The van der Waals surface area contributed by atoms with Crippen LogP contribution in [0.5, 0.6) is 5.75 Å². The average molecular weight is 373 g/mol. The van der Waals surface area contributed by atoms with Crippen molar-refractivity contribution < 1.29 is 22.7 Å². The van der Waals surface area contributed by atoms with Crippen LogP contribution in [0, 0.1) is 5.92 Å². The van der Waals surface area contributed by atoms with Gasteiger partial charge in [0.15, 0.2) is 5.13 Å². The van der Waals surface area contributed by atoms with Gasteiger partial charge in [-0.2, -0.15) is 13.2 Å². The number of anilines is 1. The third-order valence-electron chi connectivity index (χ3n) is 4.18. The number of carbonyl (C=O) groups is 1. The van der Waals surface area contributed by atoms with Crippen LogP contribution in [0.15, 0.2) is 18.2 Å².